The Bertz CT molecular complexity index is 215. The predicted octanol–water partition coefficient (Wildman–Crippen LogP) is -0.934. The molecule has 0 aromatic heterocycles. The van der Waals surface area contributed by atoms with E-state index < -0.39 is 0 Å². The lowest BCUT2D eigenvalue weighted by Gasteiger charge is -2.28. The second-order valence-corrected chi connectivity index (χ2v) is 5.35. The quantitative estimate of drug-likeness (QED) is 0.450. The molecule has 0 saturated heterocycles. The number of nitrogens with zero attached hydrogens (tertiary/aromatic N) is 1. The van der Waals surface area contributed by atoms with Crippen LogP contribution in [0.2, 0.25) is 0 Å². The summed E-state index contributed by atoms with van der Waals surface area (Å²) >= 11 is 0. The third-order valence-corrected chi connectivity index (χ3v) is 3.22. The van der Waals surface area contributed by atoms with Gasteiger partial charge in [-0.25, -0.2) is 0 Å². The fourth-order valence-corrected chi connectivity index (χ4v) is 0.883. The first-order valence-electron chi connectivity index (χ1n) is 5.74. The molecule has 3 nitrogen and oxygen atoms in total. The Labute approximate surface area is 106 Å². The van der Waals surface area contributed by atoms with E-state index in [1.165, 1.54) is 0 Å². The van der Waals surface area contributed by atoms with Gasteiger partial charge in [0.25, 0.3) is 0 Å². The van der Waals surface area contributed by atoms with Crippen molar-refractivity contribution in [2.45, 2.75) is 34.1 Å². The predicted molar refractivity (Wildman–Crippen MR) is 62.5 cm³/mol. The Morgan fingerprint density at radius 1 is 1.25 bits per heavy atom. The van der Waals surface area contributed by atoms with Crippen molar-refractivity contribution in [1.29, 1.82) is 0 Å². The number of hydrogen-bond acceptors (Lipinski definition) is 2. The van der Waals surface area contributed by atoms with Gasteiger partial charge in [0.05, 0.1) is 26.1 Å². The summed E-state index contributed by atoms with van der Waals surface area (Å²) < 4.78 is 6.17. The average Bonchev–Trinajstić information content (AvgIpc) is 2.17. The zero-order chi connectivity index (χ0) is 12.1. The molecule has 0 N–H and O–H groups in total. The Balaban J connectivity index is 0. The summed E-state index contributed by atoms with van der Waals surface area (Å²) in [6, 6.07) is 0. The molecule has 0 radical (unpaired) electrons. The summed E-state index contributed by atoms with van der Waals surface area (Å²) in [5.74, 6) is -0.0823. The van der Waals surface area contributed by atoms with Crippen LogP contribution in [-0.2, 0) is 9.53 Å². The first-order chi connectivity index (χ1) is 6.75. The first-order valence-corrected chi connectivity index (χ1v) is 5.74. The number of ether oxygens (including phenoxy) is 1. The summed E-state index contributed by atoms with van der Waals surface area (Å²) in [5, 5.41) is 0. The van der Waals surface area contributed by atoms with Crippen molar-refractivity contribution >= 4 is 5.97 Å². The summed E-state index contributed by atoms with van der Waals surface area (Å²) in [6.07, 6.45) is 0.817. The lowest BCUT2D eigenvalue weighted by molar-refractivity contribution is -0.888. The van der Waals surface area contributed by atoms with Gasteiger partial charge in [-0.3, -0.25) is 4.79 Å². The van der Waals surface area contributed by atoms with Gasteiger partial charge in [-0.2, -0.15) is 0 Å². The third-order valence-electron chi connectivity index (χ3n) is 3.22. The van der Waals surface area contributed by atoms with Gasteiger partial charge in [-0.05, 0) is 27.2 Å². The molecule has 0 saturated carbocycles. The minimum atomic E-state index is -0.344. The van der Waals surface area contributed by atoms with Gasteiger partial charge in [0.15, 0.2) is 0 Å². The summed E-state index contributed by atoms with van der Waals surface area (Å²) in [4.78, 5) is 11.6. The highest BCUT2D eigenvalue weighted by Gasteiger charge is 2.27. The molecule has 4 heteroatoms. The number of carbonyl (C=O) groups excluding carboxylic acids is 1. The maximum absolute atomic E-state index is 11.6. The zero-order valence-corrected chi connectivity index (χ0v) is 12.2. The molecule has 98 valence electrons. The smallest absolute Gasteiger partial charge is 0.311 e. The molecule has 0 amide bonds. The van der Waals surface area contributed by atoms with Crippen LogP contribution < -0.4 is 12.4 Å². The van der Waals surface area contributed by atoms with Gasteiger partial charge < -0.3 is 21.6 Å². The van der Waals surface area contributed by atoms with Crippen molar-refractivity contribution < 1.29 is 26.4 Å². The normalized spacial score (nSPS) is 11.9. The van der Waals surface area contributed by atoms with Crippen molar-refractivity contribution in [3.8, 4) is 0 Å². The monoisotopic (exact) mass is 251 g/mol. The average molecular weight is 252 g/mol. The lowest BCUT2D eigenvalue weighted by Crippen LogP contribution is -3.00. The molecular weight excluding hydrogens is 226 g/mol. The minimum absolute atomic E-state index is 0. The maximum atomic E-state index is 11.6. The van der Waals surface area contributed by atoms with E-state index >= 15 is 0 Å². The Hall–Kier alpha value is -0.280. The minimum Gasteiger partial charge on any atom is -1.00 e. The second-order valence-electron chi connectivity index (χ2n) is 5.35. The molecule has 0 aliphatic heterocycles. The molecule has 0 spiro atoms. The molecule has 0 aromatic carbocycles. The SMILES string of the molecule is CCC(C)(C)C(=O)OCC[N+](C)(C)CC.[Cl-]. The van der Waals surface area contributed by atoms with Crippen LogP contribution in [0.3, 0.4) is 0 Å². The number of likely N-dealkylation sites (N-methyl/N-ethyl adjacent to an activating group) is 1. The van der Waals surface area contributed by atoms with Crippen molar-refractivity contribution in [3.63, 3.8) is 0 Å². The van der Waals surface area contributed by atoms with Crippen LogP contribution in [0.25, 0.3) is 0 Å². The van der Waals surface area contributed by atoms with Crippen LogP contribution in [0.5, 0.6) is 0 Å². The first kappa shape index (κ1) is 18.1. The highest BCUT2D eigenvalue weighted by molar-refractivity contribution is 5.75. The van der Waals surface area contributed by atoms with E-state index in [0.29, 0.717) is 6.61 Å². The highest BCUT2D eigenvalue weighted by Crippen LogP contribution is 2.21. The summed E-state index contributed by atoms with van der Waals surface area (Å²) in [7, 11) is 4.28. The van der Waals surface area contributed by atoms with Crippen LogP contribution in [0.4, 0.5) is 0 Å². The Kier molecular flexibility index (Phi) is 8.06. The van der Waals surface area contributed by atoms with Crippen molar-refractivity contribution in [1.82, 2.24) is 0 Å². The molecule has 0 aliphatic rings. The van der Waals surface area contributed by atoms with E-state index in [9.17, 15) is 4.79 Å². The topological polar surface area (TPSA) is 26.3 Å². The van der Waals surface area contributed by atoms with E-state index in [1.807, 2.05) is 20.8 Å². The number of carbonyl (C=O) groups is 1. The highest BCUT2D eigenvalue weighted by atomic mass is 35.5. The van der Waals surface area contributed by atoms with Crippen LogP contribution in [-0.4, -0.2) is 44.2 Å². The molecule has 0 rings (SSSR count). The molecule has 0 bridgehead atoms. The zero-order valence-electron chi connectivity index (χ0n) is 11.5. The van der Waals surface area contributed by atoms with E-state index in [0.717, 1.165) is 24.0 Å². The molecule has 0 fully saturated rings. The number of hydrogen-bond donors (Lipinski definition) is 0. The standard InChI is InChI=1S/C12H26NO2.ClH/c1-7-12(3,4)11(14)15-10-9-13(5,6)8-2;/h7-10H2,1-6H3;1H/q+1;/p-1. The van der Waals surface area contributed by atoms with E-state index in [-0.39, 0.29) is 23.8 Å². The summed E-state index contributed by atoms with van der Waals surface area (Å²) in [6.45, 7) is 10.4. The molecule has 0 aliphatic carbocycles. The van der Waals surface area contributed by atoms with Crippen molar-refractivity contribution in [2.24, 2.45) is 5.41 Å². The van der Waals surface area contributed by atoms with Crippen LogP contribution in [0.15, 0.2) is 0 Å². The number of halogens is 1. The Morgan fingerprint density at radius 3 is 2.12 bits per heavy atom. The Morgan fingerprint density at radius 2 is 1.75 bits per heavy atom. The van der Waals surface area contributed by atoms with Gasteiger partial charge in [0.1, 0.15) is 13.2 Å². The number of quaternary nitrogens is 1. The largest absolute Gasteiger partial charge is 1.00 e. The maximum Gasteiger partial charge on any atom is 0.311 e. The van der Waals surface area contributed by atoms with Gasteiger partial charge >= 0.3 is 5.97 Å². The van der Waals surface area contributed by atoms with Crippen LogP contribution >= 0.6 is 0 Å². The third kappa shape index (κ3) is 6.33. The van der Waals surface area contributed by atoms with Crippen molar-refractivity contribution in [2.75, 3.05) is 33.8 Å². The molecule has 0 heterocycles. The second kappa shape index (κ2) is 7.13. The molecule has 0 aromatic rings. The van der Waals surface area contributed by atoms with E-state index in [1.54, 1.807) is 0 Å². The van der Waals surface area contributed by atoms with Gasteiger partial charge in [0, 0.05) is 0 Å². The van der Waals surface area contributed by atoms with Gasteiger partial charge in [-0.1, -0.05) is 6.92 Å². The molecule has 0 atom stereocenters. The van der Waals surface area contributed by atoms with Crippen molar-refractivity contribution in [3.05, 3.63) is 0 Å². The fourth-order valence-electron chi connectivity index (χ4n) is 0.883. The fraction of sp³-hybridized carbons (Fsp3) is 0.917. The number of esters is 1. The molecular formula is C12H26ClNO2. The van der Waals surface area contributed by atoms with Crippen LogP contribution in [0, 0.1) is 5.41 Å². The van der Waals surface area contributed by atoms with Crippen LogP contribution in [0.1, 0.15) is 34.1 Å². The van der Waals surface area contributed by atoms with E-state index in [4.69, 9.17) is 4.74 Å². The number of rotatable bonds is 6. The molecule has 16 heavy (non-hydrogen) atoms. The van der Waals surface area contributed by atoms with Gasteiger partial charge in [-0.15, -0.1) is 0 Å². The summed E-state index contributed by atoms with van der Waals surface area (Å²) in [5.41, 5.74) is -0.344. The van der Waals surface area contributed by atoms with Gasteiger partial charge in [0.2, 0.25) is 0 Å². The lowest BCUT2D eigenvalue weighted by atomic mass is 9.91. The molecule has 0 unspecified atom stereocenters. The van der Waals surface area contributed by atoms with E-state index in [2.05, 4.69) is 21.0 Å².